The van der Waals surface area contributed by atoms with E-state index >= 15 is 0 Å². The molecule has 1 aromatic heterocycles. The first-order valence-electron chi connectivity index (χ1n) is 5.82. The van der Waals surface area contributed by atoms with Crippen LogP contribution >= 0.6 is 11.8 Å². The smallest absolute Gasteiger partial charge is 0.283 e. The molecule has 0 aliphatic carbocycles. The minimum atomic E-state index is -0.446. The summed E-state index contributed by atoms with van der Waals surface area (Å²) in [7, 11) is 3.55. The maximum Gasteiger partial charge on any atom is 0.283 e. The third-order valence-electron chi connectivity index (χ3n) is 2.40. The summed E-state index contributed by atoms with van der Waals surface area (Å²) in [4.78, 5) is 25.1. The third-order valence-corrected chi connectivity index (χ3v) is 3.33. The number of aromatic nitrogens is 3. The molecule has 0 radical (unpaired) electrons. The Balaban J connectivity index is 2.40. The van der Waals surface area contributed by atoms with Crippen LogP contribution in [-0.4, -0.2) is 34.0 Å². The molecule has 0 atom stereocenters. The van der Waals surface area contributed by atoms with Gasteiger partial charge in [-0.05, 0) is 17.8 Å². The summed E-state index contributed by atoms with van der Waals surface area (Å²) in [5, 5.41) is 11.3. The van der Waals surface area contributed by atoms with Crippen LogP contribution in [0, 0.1) is 10.1 Å². The molecule has 1 heterocycles. The predicted octanol–water partition coefficient (Wildman–Crippen LogP) is 1.28. The molecule has 0 aliphatic rings. The molecule has 0 fully saturated rings. The maximum absolute atomic E-state index is 11.0. The van der Waals surface area contributed by atoms with Gasteiger partial charge in [0.25, 0.3) is 5.69 Å². The number of nitro groups is 1. The minimum absolute atomic E-state index is 0.00317. The normalized spacial score (nSPS) is 10.2. The summed E-state index contributed by atoms with van der Waals surface area (Å²) in [6, 6.07) is 6.38. The first-order chi connectivity index (χ1) is 10.0. The van der Waals surface area contributed by atoms with Gasteiger partial charge in [-0.1, -0.05) is 12.1 Å². The molecule has 0 bridgehead atoms. The van der Waals surface area contributed by atoms with Crippen LogP contribution in [0.3, 0.4) is 0 Å². The molecule has 0 amide bonds. The van der Waals surface area contributed by atoms with E-state index in [-0.39, 0.29) is 11.6 Å². The van der Waals surface area contributed by atoms with Crippen molar-refractivity contribution in [2.75, 3.05) is 24.4 Å². The lowest BCUT2D eigenvalue weighted by Crippen LogP contribution is -2.17. The summed E-state index contributed by atoms with van der Waals surface area (Å²) in [5.41, 5.74) is 2.35. The van der Waals surface area contributed by atoms with Crippen molar-refractivity contribution in [3.05, 3.63) is 34.4 Å². The van der Waals surface area contributed by atoms with Gasteiger partial charge in [-0.3, -0.25) is 15.5 Å². The van der Waals surface area contributed by atoms with E-state index in [1.54, 1.807) is 37.2 Å². The fourth-order valence-electron chi connectivity index (χ4n) is 1.45. The van der Waals surface area contributed by atoms with Gasteiger partial charge in [0, 0.05) is 20.2 Å². The zero-order valence-electron chi connectivity index (χ0n) is 11.3. The van der Waals surface area contributed by atoms with Crippen LogP contribution in [0.5, 0.6) is 0 Å². The molecule has 0 aliphatic heterocycles. The number of hydrogen-bond acceptors (Lipinski definition) is 9. The van der Waals surface area contributed by atoms with Crippen LogP contribution in [0.4, 0.5) is 17.6 Å². The van der Waals surface area contributed by atoms with Crippen molar-refractivity contribution in [2.45, 2.75) is 10.1 Å². The number of rotatable bonds is 5. The number of nitrogen functional groups attached to an aromatic ring is 1. The number of hydrogen-bond donors (Lipinski definition) is 2. The molecule has 0 saturated heterocycles. The van der Waals surface area contributed by atoms with Crippen molar-refractivity contribution >= 4 is 29.3 Å². The van der Waals surface area contributed by atoms with E-state index in [0.29, 0.717) is 16.0 Å². The van der Waals surface area contributed by atoms with Crippen LogP contribution in [0.15, 0.2) is 34.3 Å². The molecule has 2 aromatic rings. The van der Waals surface area contributed by atoms with E-state index in [4.69, 9.17) is 5.84 Å². The van der Waals surface area contributed by atoms with Crippen molar-refractivity contribution in [1.29, 1.82) is 0 Å². The number of benzene rings is 1. The van der Waals surface area contributed by atoms with Crippen LogP contribution in [0.25, 0.3) is 0 Å². The lowest BCUT2D eigenvalue weighted by atomic mass is 10.3. The first-order valence-corrected chi connectivity index (χ1v) is 6.64. The number of nitrogens with zero attached hydrogens (tertiary/aromatic N) is 5. The van der Waals surface area contributed by atoms with Gasteiger partial charge in [-0.15, -0.1) is 0 Å². The Hall–Kier alpha value is -2.46. The number of para-hydroxylation sites is 1. The highest BCUT2D eigenvalue weighted by Gasteiger charge is 2.16. The van der Waals surface area contributed by atoms with Gasteiger partial charge in [0.15, 0.2) is 5.16 Å². The molecule has 0 unspecified atom stereocenters. The summed E-state index contributed by atoms with van der Waals surface area (Å²) < 4.78 is 0. The summed E-state index contributed by atoms with van der Waals surface area (Å²) in [5.74, 6) is 5.91. The average molecular weight is 307 g/mol. The molecule has 21 heavy (non-hydrogen) atoms. The second-order valence-electron chi connectivity index (χ2n) is 4.11. The monoisotopic (exact) mass is 307 g/mol. The molecule has 0 saturated carbocycles. The molecule has 2 rings (SSSR count). The predicted molar refractivity (Wildman–Crippen MR) is 79.2 cm³/mol. The van der Waals surface area contributed by atoms with E-state index in [2.05, 4.69) is 20.4 Å². The van der Waals surface area contributed by atoms with E-state index < -0.39 is 4.92 Å². The Labute approximate surface area is 124 Å². The SMILES string of the molecule is CN(C)c1nc(NN)nc(Sc2ccccc2[N+](=O)[O-])n1. The van der Waals surface area contributed by atoms with Crippen LogP contribution < -0.4 is 16.2 Å². The lowest BCUT2D eigenvalue weighted by molar-refractivity contribution is -0.387. The largest absolute Gasteiger partial charge is 0.347 e. The van der Waals surface area contributed by atoms with Crippen LogP contribution in [0.2, 0.25) is 0 Å². The number of anilines is 2. The molecular formula is C11H13N7O2S. The molecule has 3 N–H and O–H groups in total. The first kappa shape index (κ1) is 14.9. The highest BCUT2D eigenvalue weighted by molar-refractivity contribution is 7.99. The Morgan fingerprint density at radius 2 is 2.00 bits per heavy atom. The summed E-state index contributed by atoms with van der Waals surface area (Å²) in [6.07, 6.45) is 0. The van der Waals surface area contributed by atoms with Gasteiger partial charge in [0.1, 0.15) is 0 Å². The molecule has 1 aromatic carbocycles. The van der Waals surface area contributed by atoms with Gasteiger partial charge in [0.2, 0.25) is 11.9 Å². The van der Waals surface area contributed by atoms with Crippen LogP contribution in [-0.2, 0) is 0 Å². The van der Waals surface area contributed by atoms with Crippen molar-refractivity contribution in [3.8, 4) is 0 Å². The van der Waals surface area contributed by atoms with E-state index in [1.807, 2.05) is 0 Å². The average Bonchev–Trinajstić information content (AvgIpc) is 2.47. The fraction of sp³-hybridized carbons (Fsp3) is 0.182. The minimum Gasteiger partial charge on any atom is -0.347 e. The zero-order valence-corrected chi connectivity index (χ0v) is 12.2. The molecule has 9 nitrogen and oxygen atoms in total. The second kappa shape index (κ2) is 6.33. The van der Waals surface area contributed by atoms with Gasteiger partial charge < -0.3 is 4.90 Å². The Morgan fingerprint density at radius 1 is 1.29 bits per heavy atom. The molecule has 110 valence electrons. The van der Waals surface area contributed by atoms with Gasteiger partial charge >= 0.3 is 0 Å². The molecule has 10 heteroatoms. The highest BCUT2D eigenvalue weighted by atomic mass is 32.2. The Morgan fingerprint density at radius 3 is 2.62 bits per heavy atom. The van der Waals surface area contributed by atoms with E-state index in [0.717, 1.165) is 11.8 Å². The number of nitrogens with two attached hydrogens (primary N) is 1. The van der Waals surface area contributed by atoms with Crippen molar-refractivity contribution in [3.63, 3.8) is 0 Å². The standard InChI is InChI=1S/C11H13N7O2S/c1-17(2)10-13-9(16-12)14-11(15-10)21-8-6-4-3-5-7(8)18(19)20/h3-6H,12H2,1-2H3,(H,13,14,15,16). The van der Waals surface area contributed by atoms with Crippen molar-refractivity contribution in [1.82, 2.24) is 15.0 Å². The van der Waals surface area contributed by atoms with Gasteiger partial charge in [-0.2, -0.15) is 15.0 Å². The summed E-state index contributed by atoms with van der Waals surface area (Å²) in [6.45, 7) is 0. The number of hydrazine groups is 1. The fourth-order valence-corrected chi connectivity index (χ4v) is 2.30. The summed E-state index contributed by atoms with van der Waals surface area (Å²) >= 11 is 1.08. The highest BCUT2D eigenvalue weighted by Crippen LogP contribution is 2.33. The third kappa shape index (κ3) is 3.55. The Bertz CT molecular complexity index is 665. The quantitative estimate of drug-likeness (QED) is 0.477. The number of nitrogens with one attached hydrogen (secondary N) is 1. The van der Waals surface area contributed by atoms with E-state index in [9.17, 15) is 10.1 Å². The molecule has 0 spiro atoms. The lowest BCUT2D eigenvalue weighted by Gasteiger charge is -2.12. The topological polar surface area (TPSA) is 123 Å². The second-order valence-corrected chi connectivity index (χ2v) is 5.12. The van der Waals surface area contributed by atoms with Gasteiger partial charge in [0.05, 0.1) is 9.82 Å². The maximum atomic E-state index is 11.0. The van der Waals surface area contributed by atoms with Crippen molar-refractivity contribution in [2.24, 2.45) is 5.84 Å². The van der Waals surface area contributed by atoms with Crippen molar-refractivity contribution < 1.29 is 4.92 Å². The van der Waals surface area contributed by atoms with E-state index in [1.165, 1.54) is 6.07 Å². The van der Waals surface area contributed by atoms with Crippen LogP contribution in [0.1, 0.15) is 0 Å². The van der Waals surface area contributed by atoms with Gasteiger partial charge in [-0.25, -0.2) is 5.84 Å². The zero-order chi connectivity index (χ0) is 15.4. The molecular weight excluding hydrogens is 294 g/mol. The Kier molecular flexibility index (Phi) is 4.50. The number of nitro benzene ring substituents is 1.